The molecule has 96 valence electrons. The van der Waals surface area contributed by atoms with E-state index in [1.807, 2.05) is 30.3 Å². The van der Waals surface area contributed by atoms with Gasteiger partial charge >= 0.3 is 5.97 Å². The van der Waals surface area contributed by atoms with Crippen LogP contribution in [0.25, 0.3) is 0 Å². The van der Waals surface area contributed by atoms with E-state index in [0.717, 1.165) is 5.56 Å². The minimum Gasteiger partial charge on any atom is -0.464 e. The zero-order chi connectivity index (χ0) is 13.0. The molecule has 0 aromatic heterocycles. The molecule has 1 amide bonds. The highest BCUT2D eigenvalue weighted by atomic mass is 16.5. The van der Waals surface area contributed by atoms with Crippen molar-refractivity contribution in [1.82, 2.24) is 5.32 Å². The van der Waals surface area contributed by atoms with Crippen molar-refractivity contribution in [2.75, 3.05) is 6.61 Å². The number of hydrogen-bond donors (Lipinski definition) is 1. The Bertz CT molecular complexity index is 444. The van der Waals surface area contributed by atoms with Crippen molar-refractivity contribution in [3.63, 3.8) is 0 Å². The van der Waals surface area contributed by atoms with Gasteiger partial charge in [0.2, 0.25) is 5.91 Å². The summed E-state index contributed by atoms with van der Waals surface area (Å²) in [6, 6.07) is 9.30. The predicted octanol–water partition coefficient (Wildman–Crippen LogP) is 1.75. The fourth-order valence-electron chi connectivity index (χ4n) is 2.34. The van der Waals surface area contributed by atoms with E-state index in [1.54, 1.807) is 6.92 Å². The Morgan fingerprint density at radius 3 is 2.72 bits per heavy atom. The zero-order valence-corrected chi connectivity index (χ0v) is 10.4. The molecule has 1 saturated heterocycles. The minimum absolute atomic E-state index is 0.0989. The molecule has 1 N–H and O–H groups in total. The largest absolute Gasteiger partial charge is 0.464 e. The van der Waals surface area contributed by atoms with Crippen LogP contribution in [0.4, 0.5) is 0 Å². The van der Waals surface area contributed by atoms with Crippen molar-refractivity contribution in [2.45, 2.75) is 31.7 Å². The van der Waals surface area contributed by atoms with Gasteiger partial charge in [-0.15, -0.1) is 0 Å². The van der Waals surface area contributed by atoms with Crippen molar-refractivity contribution in [3.8, 4) is 0 Å². The molecular weight excluding hydrogens is 230 g/mol. The second-order valence-electron chi connectivity index (χ2n) is 4.39. The number of amides is 1. The molecule has 4 heteroatoms. The summed E-state index contributed by atoms with van der Waals surface area (Å²) in [5, 5.41) is 2.82. The zero-order valence-electron chi connectivity index (χ0n) is 10.4. The first-order valence-electron chi connectivity index (χ1n) is 6.23. The van der Waals surface area contributed by atoms with Gasteiger partial charge in [-0.2, -0.15) is 0 Å². The first kappa shape index (κ1) is 12.6. The van der Waals surface area contributed by atoms with Crippen molar-refractivity contribution in [3.05, 3.63) is 35.9 Å². The number of rotatable bonds is 3. The van der Waals surface area contributed by atoms with Gasteiger partial charge in [-0.1, -0.05) is 30.3 Å². The second kappa shape index (κ2) is 5.21. The van der Waals surface area contributed by atoms with Gasteiger partial charge in [0.15, 0.2) is 5.54 Å². The second-order valence-corrected chi connectivity index (χ2v) is 4.39. The van der Waals surface area contributed by atoms with Crippen LogP contribution < -0.4 is 5.32 Å². The summed E-state index contributed by atoms with van der Waals surface area (Å²) >= 11 is 0. The highest BCUT2D eigenvalue weighted by Gasteiger charge is 2.44. The molecule has 0 aliphatic carbocycles. The summed E-state index contributed by atoms with van der Waals surface area (Å²) in [6.45, 7) is 2.07. The molecule has 18 heavy (non-hydrogen) atoms. The van der Waals surface area contributed by atoms with Crippen LogP contribution in [-0.2, 0) is 19.9 Å². The average molecular weight is 247 g/mol. The molecule has 1 aromatic rings. The third kappa shape index (κ3) is 2.23. The molecule has 0 bridgehead atoms. The van der Waals surface area contributed by atoms with Crippen LogP contribution in [0.15, 0.2) is 30.3 Å². The highest BCUT2D eigenvalue weighted by Crippen LogP contribution is 2.32. The van der Waals surface area contributed by atoms with Gasteiger partial charge in [0.1, 0.15) is 0 Å². The van der Waals surface area contributed by atoms with E-state index < -0.39 is 5.54 Å². The fourth-order valence-corrected chi connectivity index (χ4v) is 2.34. The molecule has 1 unspecified atom stereocenters. The van der Waals surface area contributed by atoms with Gasteiger partial charge in [0, 0.05) is 6.42 Å². The minimum atomic E-state index is -1.01. The Labute approximate surface area is 106 Å². The number of ether oxygens (including phenoxy) is 1. The van der Waals surface area contributed by atoms with Crippen molar-refractivity contribution in [1.29, 1.82) is 0 Å². The van der Waals surface area contributed by atoms with Gasteiger partial charge in [-0.3, -0.25) is 4.79 Å². The first-order chi connectivity index (χ1) is 8.69. The maximum Gasteiger partial charge on any atom is 0.336 e. The maximum atomic E-state index is 12.2. The molecule has 1 aliphatic heterocycles. The summed E-state index contributed by atoms with van der Waals surface area (Å²) in [4.78, 5) is 23.9. The molecule has 1 heterocycles. The lowest BCUT2D eigenvalue weighted by atomic mass is 9.82. The monoisotopic (exact) mass is 247 g/mol. The molecule has 4 nitrogen and oxygen atoms in total. The van der Waals surface area contributed by atoms with Crippen LogP contribution in [0.5, 0.6) is 0 Å². The summed E-state index contributed by atoms with van der Waals surface area (Å²) in [7, 11) is 0. The predicted molar refractivity (Wildman–Crippen MR) is 66.7 cm³/mol. The van der Waals surface area contributed by atoms with E-state index >= 15 is 0 Å². The Kier molecular flexibility index (Phi) is 3.65. The lowest BCUT2D eigenvalue weighted by Gasteiger charge is -2.36. The SMILES string of the molecule is CCOC(=O)C1(c2ccccc2)CCCC(=O)N1. The Balaban J connectivity index is 2.39. The number of carbonyl (C=O) groups is 2. The van der Waals surface area contributed by atoms with E-state index in [2.05, 4.69) is 5.32 Å². The highest BCUT2D eigenvalue weighted by molar-refractivity contribution is 5.90. The van der Waals surface area contributed by atoms with Crippen molar-refractivity contribution < 1.29 is 14.3 Å². The lowest BCUT2D eigenvalue weighted by Crippen LogP contribution is -2.55. The first-order valence-corrected chi connectivity index (χ1v) is 6.23. The van der Waals surface area contributed by atoms with E-state index in [0.29, 0.717) is 25.9 Å². The third-order valence-electron chi connectivity index (χ3n) is 3.20. The smallest absolute Gasteiger partial charge is 0.336 e. The number of piperidine rings is 1. The van der Waals surface area contributed by atoms with Gasteiger partial charge in [0.05, 0.1) is 6.61 Å². The maximum absolute atomic E-state index is 12.2. The van der Waals surface area contributed by atoms with E-state index in [1.165, 1.54) is 0 Å². The fraction of sp³-hybridized carbons (Fsp3) is 0.429. The van der Waals surface area contributed by atoms with Crippen LogP contribution in [0.1, 0.15) is 31.7 Å². The quantitative estimate of drug-likeness (QED) is 0.828. The molecule has 1 fully saturated rings. The molecule has 2 rings (SSSR count). The van der Waals surface area contributed by atoms with E-state index in [-0.39, 0.29) is 11.9 Å². The average Bonchev–Trinajstić information content (AvgIpc) is 2.40. The van der Waals surface area contributed by atoms with Crippen LogP contribution in [0, 0.1) is 0 Å². The topological polar surface area (TPSA) is 55.4 Å². The van der Waals surface area contributed by atoms with Gasteiger partial charge in [-0.05, 0) is 25.3 Å². The summed E-state index contributed by atoms with van der Waals surface area (Å²) in [5.41, 5.74) is -0.219. The van der Waals surface area contributed by atoms with E-state index in [9.17, 15) is 9.59 Å². The molecule has 1 aromatic carbocycles. The van der Waals surface area contributed by atoms with Gasteiger partial charge < -0.3 is 10.1 Å². The Morgan fingerprint density at radius 2 is 2.11 bits per heavy atom. The van der Waals surface area contributed by atoms with E-state index in [4.69, 9.17) is 4.74 Å². The van der Waals surface area contributed by atoms with Crippen LogP contribution in [0.2, 0.25) is 0 Å². The molecular formula is C14H17NO3. The number of esters is 1. The number of benzene rings is 1. The van der Waals surface area contributed by atoms with Gasteiger partial charge in [-0.25, -0.2) is 4.79 Å². The molecule has 1 atom stereocenters. The van der Waals surface area contributed by atoms with Crippen LogP contribution in [0.3, 0.4) is 0 Å². The number of carbonyl (C=O) groups excluding carboxylic acids is 2. The third-order valence-corrected chi connectivity index (χ3v) is 3.20. The summed E-state index contributed by atoms with van der Waals surface area (Å²) < 4.78 is 5.13. The Hall–Kier alpha value is -1.84. The molecule has 0 radical (unpaired) electrons. The van der Waals surface area contributed by atoms with Crippen LogP contribution in [-0.4, -0.2) is 18.5 Å². The Morgan fingerprint density at radius 1 is 1.39 bits per heavy atom. The normalized spacial score (nSPS) is 23.3. The summed E-state index contributed by atoms with van der Waals surface area (Å²) in [5.74, 6) is -0.470. The van der Waals surface area contributed by atoms with Crippen LogP contribution >= 0.6 is 0 Å². The van der Waals surface area contributed by atoms with Crippen molar-refractivity contribution >= 4 is 11.9 Å². The number of hydrogen-bond acceptors (Lipinski definition) is 3. The van der Waals surface area contributed by atoms with Gasteiger partial charge in [0.25, 0.3) is 0 Å². The van der Waals surface area contributed by atoms with Crippen molar-refractivity contribution in [2.24, 2.45) is 0 Å². The molecule has 0 spiro atoms. The lowest BCUT2D eigenvalue weighted by molar-refractivity contribution is -0.156. The summed E-state index contributed by atoms with van der Waals surface area (Å²) in [6.07, 6.45) is 1.75. The standard InChI is InChI=1S/C14H17NO3/c1-2-18-13(17)14(10-6-9-12(16)15-14)11-7-4-3-5-8-11/h3-5,7-8H,2,6,9-10H2,1H3,(H,15,16). The number of nitrogens with one attached hydrogen (secondary N) is 1. The molecule has 1 aliphatic rings. The molecule has 0 saturated carbocycles.